The molecule has 32 heavy (non-hydrogen) atoms. The molecule has 0 atom stereocenters. The van der Waals surface area contributed by atoms with E-state index in [2.05, 4.69) is 21.6 Å². The average Bonchev–Trinajstić information content (AvgIpc) is 2.74. The molecule has 166 valence electrons. The molecular weight excluding hydrogens is 456 g/mol. The maximum absolute atomic E-state index is 13.8. The lowest BCUT2D eigenvalue weighted by Crippen LogP contribution is -2.08. The van der Waals surface area contributed by atoms with Crippen LogP contribution in [0.2, 0.25) is 5.02 Å². The number of ether oxygens (including phenoxy) is 1. The van der Waals surface area contributed by atoms with Gasteiger partial charge in [-0.3, -0.25) is 4.79 Å². The number of aromatic nitrogens is 1. The summed E-state index contributed by atoms with van der Waals surface area (Å²) in [4.78, 5) is 16.4. The van der Waals surface area contributed by atoms with Gasteiger partial charge in [0.1, 0.15) is 11.4 Å². The van der Waals surface area contributed by atoms with Gasteiger partial charge in [0.15, 0.2) is 0 Å². The molecule has 1 aromatic heterocycles. The standard InChI is InChI=1S/C23H20ClF2N3O2S/c1-4-21(30)28-15-6-5-7-16(11-15)31-22-20(10-14(2)13-27-22)29-32-17-8-9-19(24)18(12-17)23(3,25)26/h4-13,29H,1H2,2-3H3,(H,28,30). The molecule has 0 spiro atoms. The number of benzene rings is 2. The van der Waals surface area contributed by atoms with E-state index in [-0.39, 0.29) is 22.4 Å². The summed E-state index contributed by atoms with van der Waals surface area (Å²) < 4.78 is 36.6. The zero-order valence-electron chi connectivity index (χ0n) is 17.3. The molecule has 0 aliphatic heterocycles. The van der Waals surface area contributed by atoms with E-state index in [1.807, 2.05) is 13.0 Å². The van der Waals surface area contributed by atoms with Crippen molar-refractivity contribution in [1.29, 1.82) is 0 Å². The summed E-state index contributed by atoms with van der Waals surface area (Å²) in [6.07, 6.45) is 2.82. The van der Waals surface area contributed by atoms with Crippen molar-refractivity contribution >= 4 is 40.8 Å². The molecule has 0 unspecified atom stereocenters. The first-order valence-electron chi connectivity index (χ1n) is 9.44. The molecule has 2 N–H and O–H groups in total. The van der Waals surface area contributed by atoms with Crippen molar-refractivity contribution < 1.29 is 18.3 Å². The van der Waals surface area contributed by atoms with Crippen LogP contribution >= 0.6 is 23.5 Å². The number of pyridine rings is 1. The van der Waals surface area contributed by atoms with Crippen molar-refractivity contribution in [3.05, 3.63) is 83.5 Å². The zero-order valence-corrected chi connectivity index (χ0v) is 18.9. The van der Waals surface area contributed by atoms with Gasteiger partial charge in [0, 0.05) is 40.4 Å². The number of anilines is 2. The minimum Gasteiger partial charge on any atom is -0.437 e. The molecule has 3 aromatic rings. The third-order valence-electron chi connectivity index (χ3n) is 4.18. The second-order valence-electron chi connectivity index (χ2n) is 6.92. The number of halogens is 3. The molecule has 2 aromatic carbocycles. The Morgan fingerprint density at radius 1 is 1.25 bits per heavy atom. The van der Waals surface area contributed by atoms with Crippen LogP contribution in [0, 0.1) is 6.92 Å². The summed E-state index contributed by atoms with van der Waals surface area (Å²) in [6, 6.07) is 13.1. The molecule has 0 radical (unpaired) electrons. The van der Waals surface area contributed by atoms with Gasteiger partial charge < -0.3 is 14.8 Å². The normalized spacial score (nSPS) is 11.0. The highest BCUT2D eigenvalue weighted by Gasteiger charge is 2.27. The van der Waals surface area contributed by atoms with Crippen LogP contribution in [-0.4, -0.2) is 10.9 Å². The van der Waals surface area contributed by atoms with Gasteiger partial charge in [-0.15, -0.1) is 0 Å². The molecule has 5 nitrogen and oxygen atoms in total. The number of alkyl halides is 2. The third kappa shape index (κ3) is 6.21. The molecule has 1 heterocycles. The maximum atomic E-state index is 13.8. The van der Waals surface area contributed by atoms with Gasteiger partial charge >= 0.3 is 0 Å². The summed E-state index contributed by atoms with van der Waals surface area (Å²) in [6.45, 7) is 6.10. The van der Waals surface area contributed by atoms with Gasteiger partial charge in [-0.2, -0.15) is 0 Å². The van der Waals surface area contributed by atoms with Crippen LogP contribution < -0.4 is 14.8 Å². The van der Waals surface area contributed by atoms with Crippen LogP contribution in [0.25, 0.3) is 0 Å². The third-order valence-corrected chi connectivity index (χ3v) is 5.32. The molecule has 1 amide bonds. The molecule has 3 rings (SSSR count). The maximum Gasteiger partial charge on any atom is 0.271 e. The average molecular weight is 476 g/mol. The summed E-state index contributed by atoms with van der Waals surface area (Å²) in [7, 11) is 0. The number of aryl methyl sites for hydroxylation is 1. The first kappa shape index (κ1) is 23.6. The Balaban J connectivity index is 1.80. The first-order valence-corrected chi connectivity index (χ1v) is 10.6. The van der Waals surface area contributed by atoms with Gasteiger partial charge in [-0.05, 0) is 66.9 Å². The van der Waals surface area contributed by atoms with Gasteiger partial charge in [-0.25, -0.2) is 13.8 Å². The van der Waals surface area contributed by atoms with E-state index in [1.165, 1.54) is 18.2 Å². The van der Waals surface area contributed by atoms with Gasteiger partial charge in [0.25, 0.3) is 5.92 Å². The zero-order chi connectivity index (χ0) is 23.3. The SMILES string of the molecule is C=CC(=O)Nc1cccc(Oc2ncc(C)cc2NSc2ccc(Cl)c(C(C)(F)F)c2)c1. The minimum absolute atomic E-state index is 0.00604. The number of amides is 1. The topological polar surface area (TPSA) is 63.2 Å². The summed E-state index contributed by atoms with van der Waals surface area (Å²) in [5, 5.41) is 2.67. The highest BCUT2D eigenvalue weighted by Crippen LogP contribution is 2.37. The van der Waals surface area contributed by atoms with Crippen LogP contribution in [0.5, 0.6) is 11.6 Å². The van der Waals surface area contributed by atoms with Gasteiger partial charge in [-0.1, -0.05) is 24.2 Å². The highest BCUT2D eigenvalue weighted by molar-refractivity contribution is 8.00. The molecule has 0 fully saturated rings. The van der Waals surface area contributed by atoms with Crippen LogP contribution in [0.3, 0.4) is 0 Å². The molecule has 0 saturated heterocycles. The summed E-state index contributed by atoms with van der Waals surface area (Å²) in [5.74, 6) is -2.66. The van der Waals surface area contributed by atoms with E-state index in [1.54, 1.807) is 36.5 Å². The minimum atomic E-state index is -3.06. The smallest absolute Gasteiger partial charge is 0.271 e. The lowest BCUT2D eigenvalue weighted by Gasteiger charge is -2.15. The second kappa shape index (κ2) is 10.0. The number of nitrogens with one attached hydrogen (secondary N) is 2. The number of hydrogen-bond acceptors (Lipinski definition) is 5. The van der Waals surface area contributed by atoms with Crippen LogP contribution in [0.15, 0.2) is 72.3 Å². The van der Waals surface area contributed by atoms with Crippen molar-refractivity contribution in [3.8, 4) is 11.6 Å². The van der Waals surface area contributed by atoms with E-state index in [0.717, 1.165) is 24.4 Å². The predicted molar refractivity (Wildman–Crippen MR) is 125 cm³/mol. The molecule has 9 heteroatoms. The number of carbonyl (C=O) groups excluding carboxylic acids is 1. The van der Waals surface area contributed by atoms with Crippen molar-refractivity contribution in [3.63, 3.8) is 0 Å². The van der Waals surface area contributed by atoms with E-state index in [4.69, 9.17) is 16.3 Å². The van der Waals surface area contributed by atoms with Crippen molar-refractivity contribution in [2.75, 3.05) is 10.0 Å². The fourth-order valence-corrected chi connectivity index (χ4v) is 3.64. The molecule has 0 aliphatic carbocycles. The predicted octanol–water partition coefficient (Wildman–Crippen LogP) is 7.19. The van der Waals surface area contributed by atoms with Gasteiger partial charge in [0.05, 0.1) is 0 Å². The highest BCUT2D eigenvalue weighted by atomic mass is 35.5. The summed E-state index contributed by atoms with van der Waals surface area (Å²) >= 11 is 7.05. The number of carbonyl (C=O) groups is 1. The quantitative estimate of drug-likeness (QED) is 0.266. The van der Waals surface area contributed by atoms with Gasteiger partial charge in [0.2, 0.25) is 11.8 Å². The molecule has 0 bridgehead atoms. The Kier molecular flexibility index (Phi) is 7.37. The lowest BCUT2D eigenvalue weighted by molar-refractivity contribution is -0.111. The van der Waals surface area contributed by atoms with E-state index >= 15 is 0 Å². The fourth-order valence-electron chi connectivity index (χ4n) is 2.67. The van der Waals surface area contributed by atoms with E-state index in [0.29, 0.717) is 22.0 Å². The first-order chi connectivity index (χ1) is 15.2. The lowest BCUT2D eigenvalue weighted by atomic mass is 10.1. The Labute approximate surface area is 194 Å². The Bertz CT molecular complexity index is 1150. The number of nitrogens with zero attached hydrogens (tertiary/aromatic N) is 1. The molecule has 0 saturated carbocycles. The second-order valence-corrected chi connectivity index (χ2v) is 8.21. The van der Waals surface area contributed by atoms with Crippen LogP contribution in [0.1, 0.15) is 18.1 Å². The molecule has 0 aliphatic rings. The fraction of sp³-hybridized carbons (Fsp3) is 0.130. The summed E-state index contributed by atoms with van der Waals surface area (Å²) in [5.41, 5.74) is 1.72. The van der Waals surface area contributed by atoms with E-state index < -0.39 is 5.92 Å². The largest absolute Gasteiger partial charge is 0.437 e. The van der Waals surface area contributed by atoms with Crippen LogP contribution in [0.4, 0.5) is 20.2 Å². The van der Waals surface area contributed by atoms with Crippen molar-refractivity contribution in [2.24, 2.45) is 0 Å². The van der Waals surface area contributed by atoms with Crippen molar-refractivity contribution in [2.45, 2.75) is 24.7 Å². The Morgan fingerprint density at radius 3 is 2.75 bits per heavy atom. The Hall–Kier alpha value is -3.10. The number of rotatable bonds is 8. The van der Waals surface area contributed by atoms with Crippen molar-refractivity contribution in [1.82, 2.24) is 4.98 Å². The van der Waals surface area contributed by atoms with E-state index in [9.17, 15) is 13.6 Å². The van der Waals surface area contributed by atoms with Crippen LogP contribution in [-0.2, 0) is 10.7 Å². The Morgan fingerprint density at radius 2 is 2.03 bits per heavy atom. The number of hydrogen-bond donors (Lipinski definition) is 2. The molecular formula is C23H20ClF2N3O2S. The monoisotopic (exact) mass is 475 g/mol.